The number of hydrogen-bond acceptors (Lipinski definition) is 3. The van der Waals surface area contributed by atoms with Gasteiger partial charge in [-0.15, -0.1) is 0 Å². The van der Waals surface area contributed by atoms with Crippen molar-refractivity contribution < 1.29 is 0 Å². The molecule has 0 aliphatic carbocycles. The van der Waals surface area contributed by atoms with Crippen LogP contribution in [0.2, 0.25) is 10.0 Å². The van der Waals surface area contributed by atoms with Gasteiger partial charge in [-0.3, -0.25) is 14.5 Å². The van der Waals surface area contributed by atoms with E-state index in [1.54, 1.807) is 18.2 Å². The first-order valence-corrected chi connectivity index (χ1v) is 6.38. The van der Waals surface area contributed by atoms with Gasteiger partial charge in [0, 0.05) is 0 Å². The molecule has 8 heteroatoms. The Labute approximate surface area is 121 Å². The molecule has 0 aliphatic rings. The summed E-state index contributed by atoms with van der Waals surface area (Å²) >= 11 is 17.0. The second-order valence-corrected chi connectivity index (χ2v) is 5.03. The molecule has 2 aromatic heterocycles. The Bertz CT molecular complexity index is 896. The lowest BCUT2D eigenvalue weighted by molar-refractivity contribution is 0.935. The molecule has 1 aromatic carbocycles. The lowest BCUT2D eigenvalue weighted by Gasteiger charge is -2.07. The average Bonchev–Trinajstić information content (AvgIpc) is 2.82. The quantitative estimate of drug-likeness (QED) is 0.679. The van der Waals surface area contributed by atoms with Gasteiger partial charge in [-0.2, -0.15) is 5.10 Å². The van der Waals surface area contributed by atoms with Gasteiger partial charge in [0.2, 0.25) is 0 Å². The molecule has 0 unspecified atom stereocenters. The molecular weight excluding hydrogens is 307 g/mol. The van der Waals surface area contributed by atoms with Gasteiger partial charge in [0.05, 0.1) is 21.9 Å². The summed E-state index contributed by atoms with van der Waals surface area (Å²) in [6.07, 6.45) is 1.44. The second-order valence-electron chi connectivity index (χ2n) is 3.83. The number of aromatic nitrogens is 4. The Kier molecular flexibility index (Phi) is 2.93. The summed E-state index contributed by atoms with van der Waals surface area (Å²) in [5.41, 5.74) is 0.765. The number of nitrogens with one attached hydrogen (secondary N) is 2. The lowest BCUT2D eigenvalue weighted by Crippen LogP contribution is -2.19. The van der Waals surface area contributed by atoms with E-state index in [4.69, 9.17) is 35.4 Å². The van der Waals surface area contributed by atoms with Crippen molar-refractivity contribution in [2.75, 3.05) is 0 Å². The fourth-order valence-electron chi connectivity index (χ4n) is 1.78. The van der Waals surface area contributed by atoms with Gasteiger partial charge >= 0.3 is 0 Å². The van der Waals surface area contributed by atoms with E-state index in [9.17, 15) is 4.79 Å². The third-order valence-electron chi connectivity index (χ3n) is 2.67. The fourth-order valence-corrected chi connectivity index (χ4v) is 2.36. The molecule has 0 fully saturated rings. The highest BCUT2D eigenvalue weighted by Crippen LogP contribution is 2.24. The number of nitrogens with zero attached hydrogens (tertiary/aromatic N) is 2. The van der Waals surface area contributed by atoms with E-state index < -0.39 is 0 Å². The summed E-state index contributed by atoms with van der Waals surface area (Å²) in [6.45, 7) is 0. The summed E-state index contributed by atoms with van der Waals surface area (Å²) < 4.78 is 1.59. The molecule has 5 nitrogen and oxygen atoms in total. The molecule has 0 aliphatic heterocycles. The van der Waals surface area contributed by atoms with Gasteiger partial charge in [-0.05, 0) is 30.4 Å². The predicted molar refractivity (Wildman–Crippen MR) is 76.9 cm³/mol. The van der Waals surface area contributed by atoms with Crippen molar-refractivity contribution in [3.8, 4) is 5.69 Å². The Morgan fingerprint density at radius 3 is 2.79 bits per heavy atom. The van der Waals surface area contributed by atoms with Crippen molar-refractivity contribution >= 4 is 46.5 Å². The van der Waals surface area contributed by atoms with Crippen molar-refractivity contribution in [3.63, 3.8) is 0 Å². The molecule has 0 amide bonds. The van der Waals surface area contributed by atoms with E-state index in [1.165, 1.54) is 10.8 Å². The number of hydrogen-bond donors (Lipinski definition) is 2. The number of fused-ring (bicyclic) bond motifs is 1. The molecular formula is C11H6Cl2N4OS. The second kappa shape index (κ2) is 4.48. The summed E-state index contributed by atoms with van der Waals surface area (Å²) in [5.74, 6) is 0. The van der Waals surface area contributed by atoms with E-state index >= 15 is 0 Å². The molecule has 2 heterocycles. The fraction of sp³-hybridized carbons (Fsp3) is 0. The Morgan fingerprint density at radius 2 is 2.05 bits per heavy atom. The van der Waals surface area contributed by atoms with Crippen molar-refractivity contribution in [1.29, 1.82) is 0 Å². The molecule has 0 saturated carbocycles. The molecule has 96 valence electrons. The van der Waals surface area contributed by atoms with Crippen molar-refractivity contribution in [2.24, 2.45) is 0 Å². The van der Waals surface area contributed by atoms with Crippen LogP contribution in [0, 0.1) is 4.77 Å². The highest BCUT2D eigenvalue weighted by molar-refractivity contribution is 7.71. The topological polar surface area (TPSA) is 66.5 Å². The first-order valence-electron chi connectivity index (χ1n) is 5.22. The molecule has 3 rings (SSSR count). The van der Waals surface area contributed by atoms with Crippen LogP contribution in [0.1, 0.15) is 0 Å². The van der Waals surface area contributed by atoms with E-state index in [0.717, 1.165) is 0 Å². The van der Waals surface area contributed by atoms with Crippen LogP contribution >= 0.6 is 35.4 Å². The maximum absolute atomic E-state index is 12.3. The van der Waals surface area contributed by atoms with Crippen LogP contribution in [-0.4, -0.2) is 19.7 Å². The molecule has 3 aromatic rings. The number of aromatic amines is 2. The van der Waals surface area contributed by atoms with Crippen molar-refractivity contribution in [1.82, 2.24) is 19.7 Å². The molecule has 0 radical (unpaired) electrons. The van der Waals surface area contributed by atoms with Gasteiger partial charge in [0.15, 0.2) is 4.77 Å². The van der Waals surface area contributed by atoms with Crippen LogP contribution in [0.4, 0.5) is 0 Å². The number of halogens is 2. The van der Waals surface area contributed by atoms with Crippen LogP contribution in [0.3, 0.4) is 0 Å². The molecule has 2 N–H and O–H groups in total. The number of rotatable bonds is 1. The zero-order valence-corrected chi connectivity index (χ0v) is 11.6. The zero-order valence-electron chi connectivity index (χ0n) is 9.28. The zero-order chi connectivity index (χ0) is 13.6. The van der Waals surface area contributed by atoms with E-state index in [0.29, 0.717) is 26.8 Å². The van der Waals surface area contributed by atoms with Gasteiger partial charge < -0.3 is 4.98 Å². The van der Waals surface area contributed by atoms with Crippen LogP contribution in [0.15, 0.2) is 29.2 Å². The monoisotopic (exact) mass is 312 g/mol. The average molecular weight is 313 g/mol. The minimum absolute atomic E-state index is 0.250. The maximum atomic E-state index is 12.3. The maximum Gasteiger partial charge on any atom is 0.270 e. The highest BCUT2D eigenvalue weighted by atomic mass is 35.5. The first-order chi connectivity index (χ1) is 9.08. The van der Waals surface area contributed by atoms with Crippen LogP contribution in [0.5, 0.6) is 0 Å². The normalized spacial score (nSPS) is 11.1. The molecule has 0 saturated heterocycles. The molecule has 19 heavy (non-hydrogen) atoms. The van der Waals surface area contributed by atoms with Crippen molar-refractivity contribution in [3.05, 3.63) is 49.6 Å². The summed E-state index contributed by atoms with van der Waals surface area (Å²) in [6, 6.07) is 4.87. The van der Waals surface area contributed by atoms with Gasteiger partial charge in [0.1, 0.15) is 11.0 Å². The third-order valence-corrected chi connectivity index (χ3v) is 3.69. The first kappa shape index (κ1) is 12.4. The molecule has 0 bridgehead atoms. The summed E-state index contributed by atoms with van der Waals surface area (Å²) in [4.78, 5) is 15.2. The van der Waals surface area contributed by atoms with Crippen LogP contribution < -0.4 is 5.56 Å². The van der Waals surface area contributed by atoms with Gasteiger partial charge in [0.25, 0.3) is 5.56 Å². The summed E-state index contributed by atoms with van der Waals surface area (Å²) in [7, 11) is 0. The van der Waals surface area contributed by atoms with E-state index in [1.807, 2.05) is 0 Å². The SMILES string of the molecule is O=c1c2cn[nH]c2[nH]c(=S)n1-c1ccc(Cl)c(Cl)c1. The van der Waals surface area contributed by atoms with E-state index in [2.05, 4.69) is 15.2 Å². The van der Waals surface area contributed by atoms with Crippen molar-refractivity contribution in [2.45, 2.75) is 0 Å². The number of benzene rings is 1. The molecule has 0 atom stereocenters. The van der Waals surface area contributed by atoms with Crippen LogP contribution in [-0.2, 0) is 0 Å². The third kappa shape index (κ3) is 1.98. The highest BCUT2D eigenvalue weighted by Gasteiger charge is 2.10. The Hall–Kier alpha value is -1.63. The minimum atomic E-state index is -0.272. The summed E-state index contributed by atoms with van der Waals surface area (Å²) in [5, 5.41) is 7.66. The van der Waals surface area contributed by atoms with Gasteiger partial charge in [-0.1, -0.05) is 23.2 Å². The smallest absolute Gasteiger partial charge is 0.270 e. The Balaban J connectivity index is 2.38. The lowest BCUT2D eigenvalue weighted by atomic mass is 10.3. The van der Waals surface area contributed by atoms with Crippen LogP contribution in [0.25, 0.3) is 16.7 Å². The number of H-pyrrole nitrogens is 2. The Morgan fingerprint density at radius 1 is 1.26 bits per heavy atom. The predicted octanol–water partition coefficient (Wildman–Crippen LogP) is 3.08. The minimum Gasteiger partial charge on any atom is -0.316 e. The van der Waals surface area contributed by atoms with E-state index in [-0.39, 0.29) is 10.3 Å². The standard InChI is InChI=1S/C11H6Cl2N4OS/c12-7-2-1-5(3-8(7)13)17-10(18)6-4-14-16-9(6)15-11(17)19/h1-4H,(H2,14,15,16,19). The largest absolute Gasteiger partial charge is 0.316 e. The molecule has 0 spiro atoms. The van der Waals surface area contributed by atoms with Gasteiger partial charge in [-0.25, -0.2) is 0 Å².